The van der Waals surface area contributed by atoms with Crippen LogP contribution >= 0.6 is 0 Å². The van der Waals surface area contributed by atoms with Gasteiger partial charge in [-0.2, -0.15) is 0 Å². The Morgan fingerprint density at radius 2 is 1.94 bits per heavy atom. The lowest BCUT2D eigenvalue weighted by Gasteiger charge is -2.66. The van der Waals surface area contributed by atoms with Crippen LogP contribution in [0, 0.1) is 16.7 Å². The van der Waals surface area contributed by atoms with Crippen LogP contribution in [0.15, 0.2) is 0 Å². The summed E-state index contributed by atoms with van der Waals surface area (Å²) < 4.78 is 5.94. The molecule has 3 aliphatic rings. The van der Waals surface area contributed by atoms with Crippen molar-refractivity contribution in [3.63, 3.8) is 0 Å². The van der Waals surface area contributed by atoms with Crippen molar-refractivity contribution in [3.8, 4) is 0 Å². The van der Waals surface area contributed by atoms with Gasteiger partial charge in [0.25, 0.3) is 0 Å². The lowest BCUT2D eigenvalue weighted by molar-refractivity contribution is -0.225. The summed E-state index contributed by atoms with van der Waals surface area (Å²) in [6.45, 7) is 9.91. The molecule has 1 heterocycles. The van der Waals surface area contributed by atoms with Gasteiger partial charge in [-0.1, -0.05) is 20.8 Å². The Morgan fingerprint density at radius 1 is 1.22 bits per heavy atom. The van der Waals surface area contributed by atoms with Crippen molar-refractivity contribution >= 4 is 0 Å². The molecule has 2 aliphatic carbocycles. The minimum absolute atomic E-state index is 0.0800. The van der Waals surface area contributed by atoms with E-state index >= 15 is 0 Å². The number of hydrogen-bond donors (Lipinski definition) is 2. The molecule has 3 rings (SSSR count). The van der Waals surface area contributed by atoms with Crippen LogP contribution in [0.4, 0.5) is 0 Å². The topological polar surface area (TPSA) is 47.3 Å². The van der Waals surface area contributed by atoms with Crippen LogP contribution in [0.1, 0.15) is 46.5 Å². The average Bonchev–Trinajstić information content (AvgIpc) is 3.07. The molecule has 0 amide bonds. The fourth-order valence-corrected chi connectivity index (χ4v) is 3.99. The number of rotatable bonds is 4. The monoisotopic (exact) mass is 252 g/mol. The molecule has 3 N–H and O–H groups in total. The number of ether oxygens (including phenoxy) is 1. The highest BCUT2D eigenvalue weighted by atomic mass is 16.5. The lowest BCUT2D eigenvalue weighted by atomic mass is 9.46. The largest absolute Gasteiger partial charge is 0.377 e. The molecule has 3 atom stereocenters. The van der Waals surface area contributed by atoms with Crippen molar-refractivity contribution in [2.75, 3.05) is 19.7 Å². The molecule has 0 bridgehead atoms. The van der Waals surface area contributed by atoms with Gasteiger partial charge < -0.3 is 15.8 Å². The molecule has 18 heavy (non-hydrogen) atoms. The fraction of sp³-hybridized carbons (Fsp3) is 1.00. The molecule has 1 aliphatic heterocycles. The Morgan fingerprint density at radius 3 is 2.61 bits per heavy atom. The molecule has 0 aromatic rings. The van der Waals surface area contributed by atoms with Crippen LogP contribution in [-0.4, -0.2) is 31.3 Å². The maximum absolute atomic E-state index is 6.74. The second-order valence-electron chi connectivity index (χ2n) is 7.72. The maximum Gasteiger partial charge on any atom is 0.0690 e. The highest BCUT2D eigenvalue weighted by Gasteiger charge is 2.66. The first-order chi connectivity index (χ1) is 8.39. The zero-order valence-electron chi connectivity index (χ0n) is 12.1. The van der Waals surface area contributed by atoms with Crippen molar-refractivity contribution in [2.24, 2.45) is 22.5 Å². The molecule has 3 unspecified atom stereocenters. The third-order valence-corrected chi connectivity index (χ3v) is 5.97. The third kappa shape index (κ3) is 1.75. The van der Waals surface area contributed by atoms with E-state index < -0.39 is 0 Å². The molecule has 1 saturated heterocycles. The number of fused-ring (bicyclic) bond motifs is 1. The molecule has 0 radical (unpaired) electrons. The van der Waals surface area contributed by atoms with Gasteiger partial charge in [-0.05, 0) is 31.1 Å². The Hall–Kier alpha value is -0.120. The second kappa shape index (κ2) is 3.94. The molecule has 3 heteroatoms. The van der Waals surface area contributed by atoms with Gasteiger partial charge in [0, 0.05) is 36.6 Å². The van der Waals surface area contributed by atoms with Crippen molar-refractivity contribution in [1.82, 2.24) is 5.32 Å². The first-order valence-corrected chi connectivity index (χ1v) is 7.50. The van der Waals surface area contributed by atoms with E-state index in [1.807, 2.05) is 0 Å². The van der Waals surface area contributed by atoms with Gasteiger partial charge in [0.2, 0.25) is 0 Å². The summed E-state index contributed by atoms with van der Waals surface area (Å²) >= 11 is 0. The van der Waals surface area contributed by atoms with Crippen LogP contribution in [-0.2, 0) is 4.74 Å². The summed E-state index contributed by atoms with van der Waals surface area (Å²) in [7, 11) is 0. The standard InChI is InChI=1S/C15H28N2O/c1-13(2)12-11(5-4-8-18-12)15(13,16)10-17-9-14(3)6-7-14/h11-12,17H,4-10,16H2,1-3H3. The summed E-state index contributed by atoms with van der Waals surface area (Å²) in [5, 5.41) is 3.64. The van der Waals surface area contributed by atoms with E-state index in [0.717, 1.165) is 19.7 Å². The molecule has 104 valence electrons. The number of hydrogen-bond acceptors (Lipinski definition) is 3. The van der Waals surface area contributed by atoms with Gasteiger partial charge in [-0.25, -0.2) is 0 Å². The molecule has 0 aromatic heterocycles. The lowest BCUT2D eigenvalue weighted by Crippen LogP contribution is -2.80. The Kier molecular flexibility index (Phi) is 2.82. The maximum atomic E-state index is 6.74. The van der Waals surface area contributed by atoms with Gasteiger partial charge in [0.05, 0.1) is 6.10 Å². The van der Waals surface area contributed by atoms with Gasteiger partial charge in [-0.15, -0.1) is 0 Å². The zero-order chi connectivity index (χ0) is 13.0. The van der Waals surface area contributed by atoms with E-state index in [9.17, 15) is 0 Å². The van der Waals surface area contributed by atoms with Crippen molar-refractivity contribution in [2.45, 2.75) is 58.1 Å². The summed E-state index contributed by atoms with van der Waals surface area (Å²) in [6, 6.07) is 0. The third-order valence-electron chi connectivity index (χ3n) is 5.97. The van der Waals surface area contributed by atoms with Crippen LogP contribution in [0.3, 0.4) is 0 Å². The molecule has 0 aromatic carbocycles. The van der Waals surface area contributed by atoms with E-state index in [4.69, 9.17) is 10.5 Å². The van der Waals surface area contributed by atoms with Gasteiger partial charge in [0.1, 0.15) is 0 Å². The first kappa shape index (κ1) is 12.9. The van der Waals surface area contributed by atoms with E-state index in [1.165, 1.54) is 25.7 Å². The Balaban J connectivity index is 1.61. The SMILES string of the molecule is CC1(CNCC2(N)C3CCCOC3C2(C)C)CC1. The minimum Gasteiger partial charge on any atom is -0.377 e. The summed E-state index contributed by atoms with van der Waals surface area (Å²) in [4.78, 5) is 0. The predicted molar refractivity (Wildman–Crippen MR) is 73.4 cm³/mol. The summed E-state index contributed by atoms with van der Waals surface area (Å²) in [5.41, 5.74) is 7.33. The smallest absolute Gasteiger partial charge is 0.0690 e. The molecule has 0 spiro atoms. The zero-order valence-corrected chi connectivity index (χ0v) is 12.1. The normalized spacial score (nSPS) is 44.0. The number of nitrogens with one attached hydrogen (secondary N) is 1. The molecule has 3 fully saturated rings. The van der Waals surface area contributed by atoms with Crippen LogP contribution in [0.2, 0.25) is 0 Å². The average molecular weight is 252 g/mol. The van der Waals surface area contributed by atoms with Crippen molar-refractivity contribution in [1.29, 1.82) is 0 Å². The van der Waals surface area contributed by atoms with E-state index in [-0.39, 0.29) is 11.0 Å². The number of nitrogens with two attached hydrogens (primary N) is 1. The molecular formula is C15H28N2O. The van der Waals surface area contributed by atoms with E-state index in [0.29, 0.717) is 17.4 Å². The van der Waals surface area contributed by atoms with Crippen molar-refractivity contribution in [3.05, 3.63) is 0 Å². The molecular weight excluding hydrogens is 224 g/mol. The van der Waals surface area contributed by atoms with Crippen LogP contribution in [0.25, 0.3) is 0 Å². The highest BCUT2D eigenvalue weighted by Crippen LogP contribution is 2.57. The van der Waals surface area contributed by atoms with E-state index in [2.05, 4.69) is 26.1 Å². The first-order valence-electron chi connectivity index (χ1n) is 7.50. The molecule has 2 saturated carbocycles. The van der Waals surface area contributed by atoms with Crippen molar-refractivity contribution < 1.29 is 4.74 Å². The Bertz CT molecular complexity index is 337. The second-order valence-corrected chi connectivity index (χ2v) is 7.72. The predicted octanol–water partition coefficient (Wildman–Crippen LogP) is 1.91. The minimum atomic E-state index is -0.0800. The quantitative estimate of drug-likeness (QED) is 0.803. The highest BCUT2D eigenvalue weighted by molar-refractivity contribution is 5.20. The Labute approximate surface area is 111 Å². The van der Waals surface area contributed by atoms with E-state index in [1.54, 1.807) is 0 Å². The summed E-state index contributed by atoms with van der Waals surface area (Å²) in [5.74, 6) is 0.556. The van der Waals surface area contributed by atoms with Gasteiger partial charge >= 0.3 is 0 Å². The molecule has 3 nitrogen and oxygen atoms in total. The van der Waals surface area contributed by atoms with Crippen LogP contribution in [0.5, 0.6) is 0 Å². The fourth-order valence-electron chi connectivity index (χ4n) is 3.99. The van der Waals surface area contributed by atoms with Gasteiger partial charge in [-0.3, -0.25) is 0 Å². The summed E-state index contributed by atoms with van der Waals surface area (Å²) in [6.07, 6.45) is 5.54. The van der Waals surface area contributed by atoms with Gasteiger partial charge in [0.15, 0.2) is 0 Å². The van der Waals surface area contributed by atoms with Crippen LogP contribution < -0.4 is 11.1 Å².